The first-order valence-corrected chi connectivity index (χ1v) is 10.7. The number of ether oxygens (including phenoxy) is 1. The van der Waals surface area contributed by atoms with Crippen LogP contribution in [0.4, 0.5) is 0 Å². The maximum Gasteiger partial charge on any atom is 0.220 e. The van der Waals surface area contributed by atoms with E-state index < -0.39 is 0 Å². The van der Waals surface area contributed by atoms with Crippen LogP contribution in [0.25, 0.3) is 10.2 Å². The number of carbonyl (C=O) groups is 1. The summed E-state index contributed by atoms with van der Waals surface area (Å²) >= 11 is 1.70. The van der Waals surface area contributed by atoms with E-state index in [1.165, 1.54) is 4.70 Å². The number of carbonyl (C=O) groups excluding carboxylic acids is 1. The Hall–Kier alpha value is -3.19. The standard InChI is InChI=1S/C23H24N4O2S/c1-27-15-14-24-23(27)22(16-10-12-17(29-2)13-11-16)26-20(28)8-5-9-21-25-18-6-3-4-7-19(18)30-21/h3-4,6-7,10-15,22H,5,8-9H2,1-2H3,(H,26,28)/t22-/m1/s1. The zero-order valence-electron chi connectivity index (χ0n) is 17.0. The van der Waals surface area contributed by atoms with Gasteiger partial charge in [0.2, 0.25) is 5.91 Å². The molecule has 0 saturated carbocycles. The molecule has 7 heteroatoms. The van der Waals surface area contributed by atoms with Gasteiger partial charge < -0.3 is 14.6 Å². The number of para-hydroxylation sites is 1. The van der Waals surface area contributed by atoms with Gasteiger partial charge >= 0.3 is 0 Å². The second kappa shape index (κ2) is 9.09. The summed E-state index contributed by atoms with van der Waals surface area (Å²) in [6.07, 6.45) is 5.60. The second-order valence-corrected chi connectivity index (χ2v) is 8.21. The van der Waals surface area contributed by atoms with Gasteiger partial charge in [0.25, 0.3) is 0 Å². The lowest BCUT2D eigenvalue weighted by atomic mass is 10.1. The largest absolute Gasteiger partial charge is 0.497 e. The van der Waals surface area contributed by atoms with Crippen molar-refractivity contribution in [3.05, 3.63) is 77.3 Å². The number of amides is 1. The molecule has 30 heavy (non-hydrogen) atoms. The number of aryl methyl sites for hydroxylation is 2. The molecule has 1 amide bonds. The summed E-state index contributed by atoms with van der Waals surface area (Å²) in [5.74, 6) is 1.57. The van der Waals surface area contributed by atoms with Crippen molar-refractivity contribution in [1.82, 2.24) is 19.9 Å². The van der Waals surface area contributed by atoms with Crippen LogP contribution >= 0.6 is 11.3 Å². The van der Waals surface area contributed by atoms with Gasteiger partial charge in [-0.1, -0.05) is 24.3 Å². The Kier molecular flexibility index (Phi) is 6.09. The number of imidazole rings is 1. The number of rotatable bonds is 8. The summed E-state index contributed by atoms with van der Waals surface area (Å²) in [5.41, 5.74) is 1.99. The highest BCUT2D eigenvalue weighted by Gasteiger charge is 2.20. The molecule has 0 radical (unpaired) electrons. The van der Waals surface area contributed by atoms with Crippen LogP contribution in [0.15, 0.2) is 60.9 Å². The molecule has 0 bridgehead atoms. The number of benzene rings is 2. The predicted octanol–water partition coefficient (Wildman–Crippen LogP) is 4.27. The summed E-state index contributed by atoms with van der Waals surface area (Å²) in [5, 5.41) is 4.22. The zero-order valence-corrected chi connectivity index (χ0v) is 17.9. The van der Waals surface area contributed by atoms with Gasteiger partial charge in [-0.3, -0.25) is 4.79 Å². The first-order chi connectivity index (χ1) is 14.6. The summed E-state index contributed by atoms with van der Waals surface area (Å²) in [7, 11) is 3.57. The number of methoxy groups -OCH3 is 1. The minimum atomic E-state index is -0.314. The van der Waals surface area contributed by atoms with Crippen LogP contribution in [0.1, 0.15) is 35.3 Å². The third kappa shape index (κ3) is 4.52. The van der Waals surface area contributed by atoms with E-state index in [-0.39, 0.29) is 11.9 Å². The lowest BCUT2D eigenvalue weighted by molar-refractivity contribution is -0.121. The molecule has 4 rings (SSSR count). The summed E-state index contributed by atoms with van der Waals surface area (Å²) in [6, 6.07) is 15.5. The van der Waals surface area contributed by atoms with Gasteiger partial charge in [-0.25, -0.2) is 9.97 Å². The molecule has 0 aliphatic rings. The number of hydrogen-bond donors (Lipinski definition) is 1. The number of fused-ring (bicyclic) bond motifs is 1. The third-order valence-corrected chi connectivity index (χ3v) is 6.10. The summed E-state index contributed by atoms with van der Waals surface area (Å²) < 4.78 is 8.36. The number of hydrogen-bond acceptors (Lipinski definition) is 5. The van der Waals surface area contributed by atoms with Crippen LogP contribution in [-0.2, 0) is 18.3 Å². The first-order valence-electron chi connectivity index (χ1n) is 9.89. The zero-order chi connectivity index (χ0) is 20.9. The van der Waals surface area contributed by atoms with E-state index in [2.05, 4.69) is 21.4 Å². The molecule has 0 saturated heterocycles. The average molecular weight is 421 g/mol. The molecule has 2 heterocycles. The van der Waals surface area contributed by atoms with Crippen molar-refractivity contribution in [2.75, 3.05) is 7.11 Å². The van der Waals surface area contributed by atoms with Crippen LogP contribution < -0.4 is 10.1 Å². The predicted molar refractivity (Wildman–Crippen MR) is 119 cm³/mol. The van der Waals surface area contributed by atoms with Gasteiger partial charge in [0.1, 0.15) is 17.6 Å². The molecule has 0 aliphatic carbocycles. The molecule has 2 aromatic heterocycles. The van der Waals surface area contributed by atoms with Gasteiger partial charge in [0.15, 0.2) is 0 Å². The van der Waals surface area contributed by atoms with Crippen molar-refractivity contribution in [2.45, 2.75) is 25.3 Å². The minimum Gasteiger partial charge on any atom is -0.497 e. The van der Waals surface area contributed by atoms with E-state index in [1.54, 1.807) is 24.6 Å². The molecule has 0 fully saturated rings. The van der Waals surface area contributed by atoms with Crippen molar-refractivity contribution in [3.63, 3.8) is 0 Å². The monoisotopic (exact) mass is 420 g/mol. The third-order valence-electron chi connectivity index (χ3n) is 5.00. The molecule has 154 valence electrons. The van der Waals surface area contributed by atoms with Crippen molar-refractivity contribution >= 4 is 27.5 Å². The number of thiazole rings is 1. The lowest BCUT2D eigenvalue weighted by Crippen LogP contribution is -2.31. The molecule has 0 unspecified atom stereocenters. The smallest absolute Gasteiger partial charge is 0.220 e. The molecule has 1 N–H and O–H groups in total. The van der Waals surface area contributed by atoms with Crippen molar-refractivity contribution in [3.8, 4) is 5.75 Å². The number of nitrogens with zero attached hydrogens (tertiary/aromatic N) is 3. The van der Waals surface area contributed by atoms with E-state index in [1.807, 2.05) is 60.3 Å². The van der Waals surface area contributed by atoms with Crippen LogP contribution in [0.3, 0.4) is 0 Å². The lowest BCUT2D eigenvalue weighted by Gasteiger charge is -2.19. The fourth-order valence-corrected chi connectivity index (χ4v) is 4.42. The normalized spacial score (nSPS) is 12.1. The van der Waals surface area contributed by atoms with Crippen LogP contribution in [0.5, 0.6) is 5.75 Å². The molecule has 2 aromatic carbocycles. The number of nitrogens with one attached hydrogen (secondary N) is 1. The Morgan fingerprint density at radius 3 is 2.70 bits per heavy atom. The van der Waals surface area contributed by atoms with Crippen molar-refractivity contribution in [2.24, 2.45) is 7.05 Å². The van der Waals surface area contributed by atoms with E-state index in [0.29, 0.717) is 6.42 Å². The summed E-state index contributed by atoms with van der Waals surface area (Å²) in [6.45, 7) is 0. The van der Waals surface area contributed by atoms with E-state index in [9.17, 15) is 4.79 Å². The highest BCUT2D eigenvalue weighted by atomic mass is 32.1. The fourth-order valence-electron chi connectivity index (χ4n) is 3.41. The highest BCUT2D eigenvalue weighted by Crippen LogP contribution is 2.24. The first kappa shape index (κ1) is 20.1. The maximum absolute atomic E-state index is 12.7. The Morgan fingerprint density at radius 2 is 2.00 bits per heavy atom. The topological polar surface area (TPSA) is 69.0 Å². The Bertz CT molecular complexity index is 1100. The van der Waals surface area contributed by atoms with Gasteiger partial charge in [-0.15, -0.1) is 11.3 Å². The molecule has 1 atom stereocenters. The fraction of sp³-hybridized carbons (Fsp3) is 0.261. The minimum absolute atomic E-state index is 0.0000656. The Balaban J connectivity index is 1.41. The maximum atomic E-state index is 12.7. The number of aromatic nitrogens is 3. The Morgan fingerprint density at radius 1 is 1.20 bits per heavy atom. The molecule has 4 aromatic rings. The van der Waals surface area contributed by atoms with Crippen molar-refractivity contribution < 1.29 is 9.53 Å². The van der Waals surface area contributed by atoms with Crippen LogP contribution in [0, 0.1) is 0 Å². The van der Waals surface area contributed by atoms with Crippen LogP contribution in [0.2, 0.25) is 0 Å². The SMILES string of the molecule is COc1ccc([C@@H](NC(=O)CCCc2nc3ccccc3s2)c2nccn2C)cc1. The Labute approximate surface area is 179 Å². The van der Waals surface area contributed by atoms with E-state index in [0.717, 1.165) is 40.5 Å². The van der Waals surface area contributed by atoms with E-state index in [4.69, 9.17) is 4.74 Å². The van der Waals surface area contributed by atoms with Gasteiger partial charge in [0.05, 0.1) is 22.3 Å². The molecule has 0 aliphatic heterocycles. The molecule has 6 nitrogen and oxygen atoms in total. The van der Waals surface area contributed by atoms with Crippen molar-refractivity contribution in [1.29, 1.82) is 0 Å². The highest BCUT2D eigenvalue weighted by molar-refractivity contribution is 7.18. The van der Waals surface area contributed by atoms with Gasteiger partial charge in [-0.05, 0) is 42.7 Å². The molecule has 0 spiro atoms. The van der Waals surface area contributed by atoms with E-state index >= 15 is 0 Å². The molecular formula is C23H24N4O2S. The second-order valence-electron chi connectivity index (χ2n) is 7.10. The quantitative estimate of drug-likeness (QED) is 0.462. The van der Waals surface area contributed by atoms with Crippen LogP contribution in [-0.4, -0.2) is 27.6 Å². The molecular weight excluding hydrogens is 396 g/mol. The van der Waals surface area contributed by atoms with Gasteiger partial charge in [0, 0.05) is 25.9 Å². The van der Waals surface area contributed by atoms with Gasteiger partial charge in [-0.2, -0.15) is 0 Å². The summed E-state index contributed by atoms with van der Waals surface area (Å²) in [4.78, 5) is 21.8. The average Bonchev–Trinajstić information content (AvgIpc) is 3.37.